The van der Waals surface area contributed by atoms with E-state index in [4.69, 9.17) is 5.73 Å². The highest BCUT2D eigenvalue weighted by Crippen LogP contribution is 2.29. The normalized spacial score (nSPS) is 21.3. The highest BCUT2D eigenvalue weighted by atomic mass is 19.1. The van der Waals surface area contributed by atoms with Crippen LogP contribution >= 0.6 is 0 Å². The predicted octanol–water partition coefficient (Wildman–Crippen LogP) is 1.92. The van der Waals surface area contributed by atoms with Crippen LogP contribution < -0.4 is 5.73 Å². The van der Waals surface area contributed by atoms with Crippen molar-refractivity contribution in [2.24, 2.45) is 11.7 Å². The second-order valence-electron chi connectivity index (χ2n) is 5.52. The van der Waals surface area contributed by atoms with Gasteiger partial charge in [-0.3, -0.25) is 4.90 Å². The van der Waals surface area contributed by atoms with Crippen molar-refractivity contribution in [3.63, 3.8) is 0 Å². The molecule has 0 bridgehead atoms. The molecule has 19 heavy (non-hydrogen) atoms. The van der Waals surface area contributed by atoms with E-state index in [1.165, 1.54) is 6.07 Å². The van der Waals surface area contributed by atoms with Crippen molar-refractivity contribution >= 4 is 0 Å². The molecule has 1 aliphatic rings. The van der Waals surface area contributed by atoms with E-state index in [1.807, 2.05) is 13.0 Å². The van der Waals surface area contributed by atoms with Gasteiger partial charge in [0.05, 0.1) is 0 Å². The summed E-state index contributed by atoms with van der Waals surface area (Å²) < 4.78 is 13.4. The standard InChI is InChI=1S/C15H23FN2O/c1-11(17)15(13-3-2-4-14(16)9-13)18-7-5-12(10-19)6-8-18/h2-4,9,11-12,15,19H,5-8,10,17H2,1H3. The fourth-order valence-corrected chi connectivity index (χ4v) is 2.95. The van der Waals surface area contributed by atoms with Gasteiger partial charge in [-0.1, -0.05) is 12.1 Å². The van der Waals surface area contributed by atoms with Gasteiger partial charge in [-0.05, 0) is 56.5 Å². The average molecular weight is 266 g/mol. The lowest BCUT2D eigenvalue weighted by atomic mass is 9.92. The highest BCUT2D eigenvalue weighted by Gasteiger charge is 2.28. The molecule has 0 saturated carbocycles. The molecule has 2 atom stereocenters. The molecule has 1 saturated heterocycles. The van der Waals surface area contributed by atoms with E-state index in [9.17, 15) is 9.50 Å². The van der Waals surface area contributed by atoms with Crippen molar-refractivity contribution < 1.29 is 9.50 Å². The number of piperidine rings is 1. The lowest BCUT2D eigenvalue weighted by Crippen LogP contribution is -2.44. The molecule has 1 aliphatic heterocycles. The van der Waals surface area contributed by atoms with Gasteiger partial charge in [0, 0.05) is 18.7 Å². The molecular formula is C15H23FN2O. The molecule has 106 valence electrons. The Labute approximate surface area is 114 Å². The Balaban J connectivity index is 2.13. The number of aliphatic hydroxyl groups excluding tert-OH is 1. The van der Waals surface area contributed by atoms with Gasteiger partial charge in [0.25, 0.3) is 0 Å². The monoisotopic (exact) mass is 266 g/mol. The summed E-state index contributed by atoms with van der Waals surface area (Å²) in [6, 6.07) is 6.71. The van der Waals surface area contributed by atoms with Crippen LogP contribution in [0.5, 0.6) is 0 Å². The Kier molecular flexibility index (Phi) is 4.91. The summed E-state index contributed by atoms with van der Waals surface area (Å²) in [5, 5.41) is 9.19. The Morgan fingerprint density at radius 2 is 2.11 bits per heavy atom. The molecule has 2 rings (SSSR count). The van der Waals surface area contributed by atoms with Crippen LogP contribution in [0.3, 0.4) is 0 Å². The molecule has 0 spiro atoms. The predicted molar refractivity (Wildman–Crippen MR) is 74.2 cm³/mol. The molecule has 1 aromatic rings. The van der Waals surface area contributed by atoms with Crippen molar-refractivity contribution in [1.29, 1.82) is 0 Å². The molecule has 0 radical (unpaired) electrons. The molecule has 4 heteroatoms. The van der Waals surface area contributed by atoms with Crippen molar-refractivity contribution in [1.82, 2.24) is 4.90 Å². The number of hydrogen-bond acceptors (Lipinski definition) is 3. The Morgan fingerprint density at radius 3 is 2.63 bits per heavy atom. The number of nitrogens with two attached hydrogens (primary N) is 1. The number of aliphatic hydroxyl groups is 1. The van der Waals surface area contributed by atoms with Crippen molar-refractivity contribution in [3.05, 3.63) is 35.6 Å². The maximum Gasteiger partial charge on any atom is 0.123 e. The fraction of sp³-hybridized carbons (Fsp3) is 0.600. The van der Waals surface area contributed by atoms with Crippen molar-refractivity contribution in [2.45, 2.75) is 31.8 Å². The van der Waals surface area contributed by atoms with Gasteiger partial charge in [-0.25, -0.2) is 4.39 Å². The number of likely N-dealkylation sites (tertiary alicyclic amines) is 1. The average Bonchev–Trinajstić information content (AvgIpc) is 2.39. The van der Waals surface area contributed by atoms with E-state index >= 15 is 0 Å². The maximum atomic E-state index is 13.4. The zero-order chi connectivity index (χ0) is 13.8. The van der Waals surface area contributed by atoms with E-state index in [-0.39, 0.29) is 24.5 Å². The third-order valence-electron chi connectivity index (χ3n) is 3.99. The van der Waals surface area contributed by atoms with Crippen LogP contribution in [0.1, 0.15) is 31.4 Å². The Hall–Kier alpha value is -0.970. The molecule has 0 aromatic heterocycles. The van der Waals surface area contributed by atoms with Crippen LogP contribution in [0.15, 0.2) is 24.3 Å². The first-order chi connectivity index (χ1) is 9.11. The third-order valence-corrected chi connectivity index (χ3v) is 3.99. The summed E-state index contributed by atoms with van der Waals surface area (Å²) in [5.74, 6) is 0.186. The molecule has 2 unspecified atom stereocenters. The van der Waals surface area contributed by atoms with E-state index in [0.29, 0.717) is 5.92 Å². The summed E-state index contributed by atoms with van der Waals surface area (Å²) in [6.07, 6.45) is 1.96. The van der Waals surface area contributed by atoms with Crippen LogP contribution in [0.2, 0.25) is 0 Å². The fourth-order valence-electron chi connectivity index (χ4n) is 2.95. The maximum absolute atomic E-state index is 13.4. The third kappa shape index (κ3) is 3.53. The zero-order valence-electron chi connectivity index (χ0n) is 11.4. The first-order valence-corrected chi connectivity index (χ1v) is 6.97. The summed E-state index contributed by atoms with van der Waals surface area (Å²) in [5.41, 5.74) is 7.05. The molecule has 3 N–H and O–H groups in total. The summed E-state index contributed by atoms with van der Waals surface area (Å²) >= 11 is 0. The number of nitrogens with zero attached hydrogens (tertiary/aromatic N) is 1. The van der Waals surface area contributed by atoms with Gasteiger partial charge >= 0.3 is 0 Å². The van der Waals surface area contributed by atoms with Crippen molar-refractivity contribution in [2.75, 3.05) is 19.7 Å². The molecular weight excluding hydrogens is 243 g/mol. The second-order valence-corrected chi connectivity index (χ2v) is 5.52. The SMILES string of the molecule is CC(N)C(c1cccc(F)c1)N1CCC(CO)CC1. The minimum atomic E-state index is -0.214. The molecule has 1 aromatic carbocycles. The van der Waals surface area contributed by atoms with Crippen LogP contribution in [-0.4, -0.2) is 35.7 Å². The number of halogens is 1. The summed E-state index contributed by atoms with van der Waals surface area (Å²) in [4.78, 5) is 2.31. The van der Waals surface area contributed by atoms with Crippen LogP contribution in [-0.2, 0) is 0 Å². The molecule has 0 aliphatic carbocycles. The topological polar surface area (TPSA) is 49.5 Å². The van der Waals surface area contributed by atoms with Gasteiger partial charge < -0.3 is 10.8 Å². The van der Waals surface area contributed by atoms with Crippen molar-refractivity contribution in [3.8, 4) is 0 Å². The first kappa shape index (κ1) is 14.4. The Bertz CT molecular complexity index is 403. The van der Waals surface area contributed by atoms with Crippen LogP contribution in [0.25, 0.3) is 0 Å². The smallest absolute Gasteiger partial charge is 0.123 e. The Morgan fingerprint density at radius 1 is 1.42 bits per heavy atom. The minimum absolute atomic E-state index is 0.0486. The van der Waals surface area contributed by atoms with Gasteiger partial charge in [-0.15, -0.1) is 0 Å². The quantitative estimate of drug-likeness (QED) is 0.875. The summed E-state index contributed by atoms with van der Waals surface area (Å²) in [7, 11) is 0. The lowest BCUT2D eigenvalue weighted by Gasteiger charge is -2.39. The molecule has 1 heterocycles. The van der Waals surface area contributed by atoms with Gasteiger partial charge in [0.1, 0.15) is 5.82 Å². The van der Waals surface area contributed by atoms with Crippen LogP contribution in [0.4, 0.5) is 4.39 Å². The van der Waals surface area contributed by atoms with E-state index in [2.05, 4.69) is 4.90 Å². The molecule has 3 nitrogen and oxygen atoms in total. The molecule has 0 amide bonds. The van der Waals surface area contributed by atoms with E-state index in [1.54, 1.807) is 12.1 Å². The summed E-state index contributed by atoms with van der Waals surface area (Å²) in [6.45, 7) is 4.05. The largest absolute Gasteiger partial charge is 0.396 e. The van der Waals surface area contributed by atoms with Gasteiger partial charge in [0.15, 0.2) is 0 Å². The zero-order valence-corrected chi connectivity index (χ0v) is 11.4. The second kappa shape index (κ2) is 6.46. The van der Waals surface area contributed by atoms with Gasteiger partial charge in [-0.2, -0.15) is 0 Å². The van der Waals surface area contributed by atoms with Crippen LogP contribution in [0, 0.1) is 11.7 Å². The first-order valence-electron chi connectivity index (χ1n) is 6.97. The van der Waals surface area contributed by atoms with Gasteiger partial charge in [0.2, 0.25) is 0 Å². The van der Waals surface area contributed by atoms with E-state index in [0.717, 1.165) is 31.5 Å². The molecule has 1 fully saturated rings. The number of rotatable bonds is 4. The van der Waals surface area contributed by atoms with E-state index < -0.39 is 0 Å². The minimum Gasteiger partial charge on any atom is -0.396 e. The highest BCUT2D eigenvalue weighted by molar-refractivity contribution is 5.22. The number of benzene rings is 1. The lowest BCUT2D eigenvalue weighted by molar-refractivity contribution is 0.0914. The number of hydrogen-bond donors (Lipinski definition) is 2.